The summed E-state index contributed by atoms with van der Waals surface area (Å²) in [6.45, 7) is 3.19. The molecule has 142 valence electrons. The first-order valence-electron chi connectivity index (χ1n) is 8.91. The highest BCUT2D eigenvalue weighted by Crippen LogP contribution is 2.32. The molecule has 1 saturated heterocycles. The van der Waals surface area contributed by atoms with Gasteiger partial charge in [-0.3, -0.25) is 9.78 Å². The Hall–Kier alpha value is -2.93. The van der Waals surface area contributed by atoms with E-state index in [-0.39, 0.29) is 5.91 Å². The van der Waals surface area contributed by atoms with Gasteiger partial charge in [0, 0.05) is 6.20 Å². The number of benzene rings is 1. The minimum absolute atomic E-state index is 0.386. The van der Waals surface area contributed by atoms with Crippen molar-refractivity contribution in [3.63, 3.8) is 0 Å². The predicted octanol–water partition coefficient (Wildman–Crippen LogP) is 1.62. The molecule has 0 spiro atoms. The Balaban J connectivity index is 1.83. The number of carbonyl (C=O) groups is 2. The number of hydrogen-bond acceptors (Lipinski definition) is 5. The Morgan fingerprint density at radius 2 is 2.00 bits per heavy atom. The van der Waals surface area contributed by atoms with E-state index >= 15 is 0 Å². The highest BCUT2D eigenvalue weighted by molar-refractivity contribution is 5.91. The van der Waals surface area contributed by atoms with Crippen LogP contribution >= 0.6 is 0 Å². The number of aliphatic carboxylic acids is 1. The van der Waals surface area contributed by atoms with Crippen LogP contribution in [0.1, 0.15) is 24.1 Å². The summed E-state index contributed by atoms with van der Waals surface area (Å²) < 4.78 is 5.53. The van der Waals surface area contributed by atoms with E-state index in [1.807, 2.05) is 25.1 Å². The number of nitrogens with zero attached hydrogens (tertiary/aromatic N) is 1. The molecule has 1 atom stereocenters. The zero-order chi connectivity index (χ0) is 19.3. The van der Waals surface area contributed by atoms with Crippen molar-refractivity contribution in [2.24, 2.45) is 0 Å². The van der Waals surface area contributed by atoms with E-state index in [4.69, 9.17) is 4.74 Å². The van der Waals surface area contributed by atoms with Gasteiger partial charge in [-0.1, -0.05) is 18.2 Å². The number of aryl methyl sites for hydroxylation is 1. The highest BCUT2D eigenvalue weighted by Gasteiger charge is 2.44. The lowest BCUT2D eigenvalue weighted by atomic mass is 9.75. The maximum absolute atomic E-state index is 13.2. The van der Waals surface area contributed by atoms with Crippen LogP contribution in [-0.4, -0.2) is 41.3 Å². The zero-order valence-corrected chi connectivity index (χ0v) is 15.1. The van der Waals surface area contributed by atoms with E-state index in [9.17, 15) is 14.7 Å². The molecule has 27 heavy (non-hydrogen) atoms. The summed E-state index contributed by atoms with van der Waals surface area (Å²) in [5, 5.41) is 15.3. The molecule has 7 heteroatoms. The summed E-state index contributed by atoms with van der Waals surface area (Å²) in [7, 11) is 0. The first-order chi connectivity index (χ1) is 13.0. The van der Waals surface area contributed by atoms with E-state index in [2.05, 4.69) is 15.6 Å². The summed E-state index contributed by atoms with van der Waals surface area (Å²) in [5.74, 6) is -1.25. The third-order valence-corrected chi connectivity index (χ3v) is 4.78. The van der Waals surface area contributed by atoms with Crippen molar-refractivity contribution in [3.05, 3.63) is 59.9 Å². The Kier molecular flexibility index (Phi) is 5.71. The average Bonchev–Trinajstić information content (AvgIpc) is 2.68. The van der Waals surface area contributed by atoms with Crippen LogP contribution in [0.15, 0.2) is 48.7 Å². The molecule has 3 rings (SSSR count). The second kappa shape index (κ2) is 8.18. The number of aromatic nitrogens is 1. The number of pyridine rings is 1. The number of nitrogens with one attached hydrogen (secondary N) is 2. The van der Waals surface area contributed by atoms with E-state index in [1.54, 1.807) is 30.5 Å². The minimum Gasteiger partial charge on any atom is -0.477 e. The molecule has 1 amide bonds. The quantitative estimate of drug-likeness (QED) is 0.669. The number of piperidine rings is 1. The molecule has 1 aromatic carbocycles. The van der Waals surface area contributed by atoms with Crippen molar-refractivity contribution >= 4 is 11.9 Å². The SMILES string of the molecule is Cc1cccc(OC(NC(=O)C2(c3ccccn3)CCNCC2)C(=O)O)c1. The second-order valence-electron chi connectivity index (χ2n) is 6.67. The maximum atomic E-state index is 13.2. The summed E-state index contributed by atoms with van der Waals surface area (Å²) in [4.78, 5) is 29.2. The standard InChI is InChI=1S/C20H23N3O4/c1-14-5-4-6-15(13-14)27-17(18(24)25)23-19(26)20(8-11-21-12-9-20)16-7-2-3-10-22-16/h2-7,10,13,17,21H,8-9,11-12H2,1H3,(H,23,26)(H,24,25). The molecule has 1 aliphatic heterocycles. The van der Waals surface area contributed by atoms with Gasteiger partial charge >= 0.3 is 5.97 Å². The predicted molar refractivity (Wildman–Crippen MR) is 99.4 cm³/mol. The van der Waals surface area contributed by atoms with Crippen molar-refractivity contribution < 1.29 is 19.4 Å². The number of amides is 1. The van der Waals surface area contributed by atoms with Gasteiger partial charge in [-0.15, -0.1) is 0 Å². The Bertz CT molecular complexity index is 804. The molecule has 1 fully saturated rings. The first kappa shape index (κ1) is 18.8. The summed E-state index contributed by atoms with van der Waals surface area (Å²) in [5.41, 5.74) is 0.700. The van der Waals surface area contributed by atoms with Crippen LogP contribution in [0.3, 0.4) is 0 Å². The van der Waals surface area contributed by atoms with Gasteiger partial charge in [-0.25, -0.2) is 4.79 Å². The van der Waals surface area contributed by atoms with Gasteiger partial charge in [0.1, 0.15) is 5.75 Å². The van der Waals surface area contributed by atoms with Crippen LogP contribution in [0.2, 0.25) is 0 Å². The fourth-order valence-electron chi connectivity index (χ4n) is 3.32. The highest BCUT2D eigenvalue weighted by atomic mass is 16.5. The molecule has 0 radical (unpaired) electrons. The van der Waals surface area contributed by atoms with Crippen LogP contribution in [0.4, 0.5) is 0 Å². The Morgan fingerprint density at radius 1 is 1.22 bits per heavy atom. The van der Waals surface area contributed by atoms with Gasteiger partial charge in [0.25, 0.3) is 6.23 Å². The molecule has 1 aliphatic rings. The van der Waals surface area contributed by atoms with Gasteiger partial charge in [0.05, 0.1) is 11.1 Å². The van der Waals surface area contributed by atoms with Gasteiger partial charge in [-0.2, -0.15) is 0 Å². The van der Waals surface area contributed by atoms with Crippen molar-refractivity contribution in [1.29, 1.82) is 0 Å². The van der Waals surface area contributed by atoms with Crippen molar-refractivity contribution in [3.8, 4) is 5.75 Å². The van der Waals surface area contributed by atoms with Crippen molar-refractivity contribution in [1.82, 2.24) is 15.6 Å². The number of carboxylic acids is 1. The molecule has 2 aromatic rings. The lowest BCUT2D eigenvalue weighted by molar-refractivity contribution is -0.150. The Morgan fingerprint density at radius 3 is 2.63 bits per heavy atom. The topological polar surface area (TPSA) is 101 Å². The molecular weight excluding hydrogens is 346 g/mol. The molecule has 2 heterocycles. The number of carboxylic acid groups (broad SMARTS) is 1. The second-order valence-corrected chi connectivity index (χ2v) is 6.67. The van der Waals surface area contributed by atoms with E-state index in [1.165, 1.54) is 0 Å². The third-order valence-electron chi connectivity index (χ3n) is 4.78. The van der Waals surface area contributed by atoms with E-state index in [0.29, 0.717) is 37.4 Å². The molecule has 3 N–H and O–H groups in total. The number of ether oxygens (including phenoxy) is 1. The number of carbonyl (C=O) groups excluding carboxylic acids is 1. The number of rotatable bonds is 6. The molecule has 0 bridgehead atoms. The molecule has 0 aliphatic carbocycles. The van der Waals surface area contributed by atoms with Crippen molar-refractivity contribution in [2.75, 3.05) is 13.1 Å². The maximum Gasteiger partial charge on any atom is 0.366 e. The zero-order valence-electron chi connectivity index (χ0n) is 15.1. The molecule has 0 saturated carbocycles. The van der Waals surface area contributed by atoms with E-state index in [0.717, 1.165) is 5.56 Å². The van der Waals surface area contributed by atoms with E-state index < -0.39 is 17.6 Å². The largest absolute Gasteiger partial charge is 0.477 e. The summed E-state index contributed by atoms with van der Waals surface area (Å²) in [6.07, 6.45) is 1.23. The third kappa shape index (κ3) is 4.25. The molecule has 1 unspecified atom stereocenters. The van der Waals surface area contributed by atoms with Crippen LogP contribution in [0.5, 0.6) is 5.75 Å². The summed E-state index contributed by atoms with van der Waals surface area (Å²) >= 11 is 0. The van der Waals surface area contributed by atoms with Crippen LogP contribution in [-0.2, 0) is 15.0 Å². The van der Waals surface area contributed by atoms with Gasteiger partial charge < -0.3 is 20.5 Å². The number of hydrogen-bond donors (Lipinski definition) is 3. The normalized spacial score (nSPS) is 16.9. The van der Waals surface area contributed by atoms with Crippen LogP contribution in [0, 0.1) is 6.92 Å². The summed E-state index contributed by atoms with van der Waals surface area (Å²) in [6, 6.07) is 12.5. The molecule has 1 aromatic heterocycles. The Labute approximate surface area is 157 Å². The fourth-order valence-corrected chi connectivity index (χ4v) is 3.32. The molecule has 7 nitrogen and oxygen atoms in total. The lowest BCUT2D eigenvalue weighted by Gasteiger charge is -2.36. The monoisotopic (exact) mass is 369 g/mol. The average molecular weight is 369 g/mol. The lowest BCUT2D eigenvalue weighted by Crippen LogP contribution is -2.56. The van der Waals surface area contributed by atoms with Gasteiger partial charge in [-0.05, 0) is 62.7 Å². The fraction of sp³-hybridized carbons (Fsp3) is 0.350. The van der Waals surface area contributed by atoms with Crippen LogP contribution in [0.25, 0.3) is 0 Å². The minimum atomic E-state index is -1.48. The molecular formula is C20H23N3O4. The van der Waals surface area contributed by atoms with Crippen LogP contribution < -0.4 is 15.4 Å². The van der Waals surface area contributed by atoms with Crippen molar-refractivity contribution in [2.45, 2.75) is 31.4 Å². The van der Waals surface area contributed by atoms with Gasteiger partial charge in [0.15, 0.2) is 0 Å². The smallest absolute Gasteiger partial charge is 0.366 e. The van der Waals surface area contributed by atoms with Gasteiger partial charge in [0.2, 0.25) is 5.91 Å². The first-order valence-corrected chi connectivity index (χ1v) is 8.91.